The summed E-state index contributed by atoms with van der Waals surface area (Å²) in [5.41, 5.74) is 5.38. The van der Waals surface area contributed by atoms with Crippen LogP contribution in [0.5, 0.6) is 0 Å². The molecule has 2 aliphatic rings. The van der Waals surface area contributed by atoms with Gasteiger partial charge in [0, 0.05) is 6.54 Å². The number of urea groups is 1. The Bertz CT molecular complexity index is 172. The molecule has 2 fully saturated rings. The predicted octanol–water partition coefficient (Wildman–Crippen LogP) is 0.694. The number of rotatable bonds is 0. The Balaban J connectivity index is 2.04. The molecule has 1 spiro atoms. The van der Waals surface area contributed by atoms with E-state index in [1.165, 1.54) is 25.7 Å². The van der Waals surface area contributed by atoms with E-state index >= 15 is 0 Å². The van der Waals surface area contributed by atoms with Crippen molar-refractivity contribution in [3.8, 4) is 0 Å². The van der Waals surface area contributed by atoms with E-state index in [-0.39, 0.29) is 11.6 Å². The molecule has 2 amide bonds. The van der Waals surface area contributed by atoms with E-state index in [0.717, 1.165) is 6.54 Å². The lowest BCUT2D eigenvalue weighted by molar-refractivity contribution is 0.231. The lowest BCUT2D eigenvalue weighted by atomic mass is 10.1. The summed E-state index contributed by atoms with van der Waals surface area (Å²) in [7, 11) is 0. The van der Waals surface area contributed by atoms with Crippen molar-refractivity contribution >= 4 is 6.03 Å². The van der Waals surface area contributed by atoms with Gasteiger partial charge in [0.1, 0.15) is 0 Å². The number of carbonyl (C=O) groups is 1. The van der Waals surface area contributed by atoms with E-state index in [1.54, 1.807) is 4.90 Å². The minimum Gasteiger partial charge on any atom is -0.351 e. The molecule has 0 aromatic rings. The fourth-order valence-corrected chi connectivity index (χ4v) is 2.03. The van der Waals surface area contributed by atoms with Crippen molar-refractivity contribution < 1.29 is 4.79 Å². The van der Waals surface area contributed by atoms with Crippen LogP contribution in [0.3, 0.4) is 0 Å². The Labute approximate surface area is 60.2 Å². The van der Waals surface area contributed by atoms with Gasteiger partial charge in [0.05, 0.1) is 5.54 Å². The zero-order chi connectivity index (χ0) is 7.19. The van der Waals surface area contributed by atoms with E-state index in [4.69, 9.17) is 5.73 Å². The summed E-state index contributed by atoms with van der Waals surface area (Å²) in [6, 6.07) is -0.234. The van der Waals surface area contributed by atoms with Crippen LogP contribution in [-0.4, -0.2) is 23.0 Å². The Morgan fingerprint density at radius 2 is 2.00 bits per heavy atom. The Kier molecular flexibility index (Phi) is 0.993. The second-order valence-corrected chi connectivity index (χ2v) is 3.36. The molecule has 1 aliphatic carbocycles. The average Bonchev–Trinajstić information content (AvgIpc) is 2.32. The molecular weight excluding hydrogens is 128 g/mol. The third-order valence-electron chi connectivity index (χ3n) is 2.72. The van der Waals surface area contributed by atoms with Gasteiger partial charge in [0.2, 0.25) is 0 Å². The fourth-order valence-electron chi connectivity index (χ4n) is 2.03. The minimum atomic E-state index is -0.234. The van der Waals surface area contributed by atoms with Gasteiger partial charge >= 0.3 is 6.03 Å². The van der Waals surface area contributed by atoms with Gasteiger partial charge in [-0.2, -0.15) is 0 Å². The van der Waals surface area contributed by atoms with E-state index < -0.39 is 0 Å². The molecule has 0 aromatic carbocycles. The number of amides is 2. The second-order valence-electron chi connectivity index (χ2n) is 3.36. The minimum absolute atomic E-state index is 0.234. The largest absolute Gasteiger partial charge is 0.351 e. The number of hydrogen-bond acceptors (Lipinski definition) is 1. The second kappa shape index (κ2) is 1.65. The molecule has 56 valence electrons. The van der Waals surface area contributed by atoms with Gasteiger partial charge in [-0.05, 0) is 12.8 Å². The van der Waals surface area contributed by atoms with Gasteiger partial charge in [-0.1, -0.05) is 12.8 Å². The van der Waals surface area contributed by atoms with Gasteiger partial charge < -0.3 is 10.6 Å². The molecule has 0 radical (unpaired) electrons. The molecule has 2 rings (SSSR count). The van der Waals surface area contributed by atoms with Crippen LogP contribution in [0.15, 0.2) is 0 Å². The molecule has 3 heteroatoms. The number of primary amides is 1. The first-order valence-electron chi connectivity index (χ1n) is 3.82. The normalized spacial score (nSPS) is 27.4. The van der Waals surface area contributed by atoms with Gasteiger partial charge in [0.25, 0.3) is 0 Å². The lowest BCUT2D eigenvalue weighted by Gasteiger charge is -2.05. The van der Waals surface area contributed by atoms with E-state index in [0.29, 0.717) is 0 Å². The van der Waals surface area contributed by atoms with Crippen LogP contribution in [0.4, 0.5) is 4.79 Å². The van der Waals surface area contributed by atoms with Crippen LogP contribution in [-0.2, 0) is 0 Å². The molecule has 0 atom stereocenters. The first-order chi connectivity index (χ1) is 4.75. The summed E-state index contributed by atoms with van der Waals surface area (Å²) in [5, 5.41) is 0. The van der Waals surface area contributed by atoms with Crippen molar-refractivity contribution in [1.82, 2.24) is 4.90 Å². The van der Waals surface area contributed by atoms with Crippen LogP contribution >= 0.6 is 0 Å². The monoisotopic (exact) mass is 140 g/mol. The van der Waals surface area contributed by atoms with Gasteiger partial charge in [-0.3, -0.25) is 0 Å². The molecule has 0 unspecified atom stereocenters. The van der Waals surface area contributed by atoms with Crippen molar-refractivity contribution in [3.63, 3.8) is 0 Å². The topological polar surface area (TPSA) is 46.1 Å². The lowest BCUT2D eigenvalue weighted by Crippen LogP contribution is -2.25. The molecule has 2 N–H and O–H groups in total. The van der Waals surface area contributed by atoms with Crippen molar-refractivity contribution in [1.29, 1.82) is 0 Å². The van der Waals surface area contributed by atoms with Crippen LogP contribution in [0, 0.1) is 0 Å². The Hall–Kier alpha value is -0.730. The number of nitrogens with two attached hydrogens (primary N) is 1. The van der Waals surface area contributed by atoms with E-state index in [1.807, 2.05) is 0 Å². The van der Waals surface area contributed by atoms with Crippen molar-refractivity contribution in [2.45, 2.75) is 31.2 Å². The number of hydrogen-bond donors (Lipinski definition) is 1. The smallest absolute Gasteiger partial charge is 0.315 e. The fraction of sp³-hybridized carbons (Fsp3) is 0.857. The summed E-state index contributed by atoms with van der Waals surface area (Å²) in [4.78, 5) is 12.5. The third-order valence-corrected chi connectivity index (χ3v) is 2.72. The van der Waals surface area contributed by atoms with Gasteiger partial charge in [-0.15, -0.1) is 0 Å². The number of carbonyl (C=O) groups excluding carboxylic acids is 1. The maximum atomic E-state index is 10.7. The third kappa shape index (κ3) is 0.632. The zero-order valence-corrected chi connectivity index (χ0v) is 5.97. The first kappa shape index (κ1) is 6.01. The summed E-state index contributed by atoms with van der Waals surface area (Å²) < 4.78 is 0. The first-order valence-corrected chi connectivity index (χ1v) is 3.82. The highest BCUT2D eigenvalue weighted by molar-refractivity contribution is 5.76. The molecule has 1 saturated carbocycles. The highest BCUT2D eigenvalue weighted by atomic mass is 16.2. The van der Waals surface area contributed by atoms with Crippen LogP contribution < -0.4 is 5.73 Å². The van der Waals surface area contributed by atoms with Crippen LogP contribution in [0.25, 0.3) is 0 Å². The quantitative estimate of drug-likeness (QED) is 0.494. The predicted molar refractivity (Wildman–Crippen MR) is 37.5 cm³/mol. The van der Waals surface area contributed by atoms with E-state index in [9.17, 15) is 4.79 Å². The van der Waals surface area contributed by atoms with Crippen LogP contribution in [0.1, 0.15) is 25.7 Å². The van der Waals surface area contributed by atoms with E-state index in [2.05, 4.69) is 0 Å². The zero-order valence-electron chi connectivity index (χ0n) is 5.97. The highest BCUT2D eigenvalue weighted by Gasteiger charge is 2.55. The molecule has 1 aliphatic heterocycles. The van der Waals surface area contributed by atoms with Gasteiger partial charge in [-0.25, -0.2) is 4.79 Å². The molecule has 0 aromatic heterocycles. The summed E-state index contributed by atoms with van der Waals surface area (Å²) >= 11 is 0. The Morgan fingerprint density at radius 3 is 2.40 bits per heavy atom. The molecule has 0 bridgehead atoms. The highest BCUT2D eigenvalue weighted by Crippen LogP contribution is 2.45. The molecule has 3 nitrogen and oxygen atoms in total. The Morgan fingerprint density at radius 1 is 1.40 bits per heavy atom. The number of nitrogens with zero attached hydrogens (tertiary/aromatic N) is 1. The molecule has 1 heterocycles. The van der Waals surface area contributed by atoms with Gasteiger partial charge in [0.15, 0.2) is 0 Å². The SMILES string of the molecule is NC(=O)N1CC12CCCC2. The van der Waals surface area contributed by atoms with Crippen molar-refractivity contribution in [3.05, 3.63) is 0 Å². The average molecular weight is 140 g/mol. The van der Waals surface area contributed by atoms with Crippen molar-refractivity contribution in [2.24, 2.45) is 5.73 Å². The maximum absolute atomic E-state index is 10.7. The summed E-state index contributed by atoms with van der Waals surface area (Å²) in [5.74, 6) is 0. The molecule has 1 saturated heterocycles. The summed E-state index contributed by atoms with van der Waals surface area (Å²) in [6.07, 6.45) is 4.89. The standard InChI is InChI=1S/C7H12N2O/c8-6(10)9-5-7(9)3-1-2-4-7/h1-5H2,(H2,8,10). The molecule has 10 heavy (non-hydrogen) atoms. The summed E-state index contributed by atoms with van der Waals surface area (Å²) in [6.45, 7) is 0.919. The van der Waals surface area contributed by atoms with Crippen LogP contribution in [0.2, 0.25) is 0 Å². The van der Waals surface area contributed by atoms with Crippen molar-refractivity contribution in [2.75, 3.05) is 6.54 Å². The molecular formula is C7H12N2O. The maximum Gasteiger partial charge on any atom is 0.315 e.